The predicted octanol–water partition coefficient (Wildman–Crippen LogP) is 11.9. The van der Waals surface area contributed by atoms with Gasteiger partial charge in [0.1, 0.15) is 11.3 Å². The maximum Gasteiger partial charge on any atom is 0.142 e. The van der Waals surface area contributed by atoms with Gasteiger partial charge in [-0.15, -0.1) is 0 Å². The maximum atomic E-state index is 6.62. The molecule has 0 fully saturated rings. The van der Waals surface area contributed by atoms with Crippen molar-refractivity contribution in [1.29, 1.82) is 0 Å². The molecule has 0 spiro atoms. The number of benzene rings is 7. The van der Waals surface area contributed by atoms with Crippen LogP contribution in [0.25, 0.3) is 71.6 Å². The van der Waals surface area contributed by atoms with Crippen LogP contribution in [0.1, 0.15) is 42.7 Å². The molecule has 1 heteroatoms. The molecule has 7 aromatic carbocycles. The lowest BCUT2D eigenvalue weighted by atomic mass is 9.76. The smallest absolute Gasteiger partial charge is 0.142 e. The van der Waals surface area contributed by atoms with Crippen molar-refractivity contribution in [3.05, 3.63) is 150 Å². The monoisotopic (exact) mass is 564 g/mol. The minimum Gasteiger partial charge on any atom is -0.456 e. The number of rotatable bonds is 4. The van der Waals surface area contributed by atoms with E-state index in [1.165, 1.54) is 71.1 Å². The van der Waals surface area contributed by atoms with Gasteiger partial charge in [-0.25, -0.2) is 0 Å². The molecule has 0 aliphatic heterocycles. The topological polar surface area (TPSA) is 13.1 Å². The summed E-state index contributed by atoms with van der Waals surface area (Å²) in [4.78, 5) is 0. The molecule has 0 unspecified atom stereocenters. The number of hydrogen-bond acceptors (Lipinski definition) is 1. The maximum absolute atomic E-state index is 6.62. The third-order valence-corrected chi connectivity index (χ3v) is 9.99. The lowest BCUT2D eigenvalue weighted by molar-refractivity contribution is 0.596. The highest BCUT2D eigenvalue weighted by atomic mass is 16.3. The molecule has 1 aliphatic carbocycles. The molecular weight excluding hydrogens is 532 g/mol. The van der Waals surface area contributed by atoms with Gasteiger partial charge in [0.15, 0.2) is 0 Å². The Bertz CT molecular complexity index is 2370. The summed E-state index contributed by atoms with van der Waals surface area (Å²) in [6, 6.07) is 44.9. The molecule has 8 aromatic rings. The van der Waals surface area contributed by atoms with E-state index in [0.29, 0.717) is 0 Å². The van der Waals surface area contributed by atoms with Gasteiger partial charge >= 0.3 is 0 Å². The van der Waals surface area contributed by atoms with Gasteiger partial charge in [-0.2, -0.15) is 0 Å². The van der Waals surface area contributed by atoms with Crippen LogP contribution in [-0.4, -0.2) is 0 Å². The summed E-state index contributed by atoms with van der Waals surface area (Å²) in [5.74, 6) is 1.01. The summed E-state index contributed by atoms with van der Waals surface area (Å²) in [5.41, 5.74) is 9.72. The van der Waals surface area contributed by atoms with Gasteiger partial charge in [0.05, 0.1) is 0 Å². The van der Waals surface area contributed by atoms with Crippen LogP contribution in [0.4, 0.5) is 0 Å². The van der Waals surface area contributed by atoms with Gasteiger partial charge in [-0.05, 0) is 85.1 Å². The van der Waals surface area contributed by atoms with Crippen LogP contribution < -0.4 is 0 Å². The van der Waals surface area contributed by atoms with Crippen molar-refractivity contribution in [2.45, 2.75) is 32.1 Å². The first-order valence-corrected chi connectivity index (χ1v) is 15.7. The van der Waals surface area contributed by atoms with Crippen LogP contribution in [0.2, 0.25) is 0 Å². The molecule has 0 radical (unpaired) electrons. The Kier molecular flexibility index (Phi) is 5.44. The van der Waals surface area contributed by atoms with E-state index in [2.05, 4.69) is 147 Å². The van der Waals surface area contributed by atoms with Gasteiger partial charge in [-0.1, -0.05) is 135 Å². The Labute approximate surface area is 257 Å². The SMILES string of the molecule is CC(C)(c1ccccc1)c1cc2ccc3c(-c4ccccc4)cc(-c4cccc5c6c(oc45)C=CCC6)c4ccc(c1)c2c34. The van der Waals surface area contributed by atoms with Crippen molar-refractivity contribution in [3.8, 4) is 22.3 Å². The Balaban J connectivity index is 1.37. The summed E-state index contributed by atoms with van der Waals surface area (Å²) < 4.78 is 6.62. The second-order valence-electron chi connectivity index (χ2n) is 12.8. The molecular formula is C43H32O. The molecule has 1 nitrogen and oxygen atoms in total. The molecule has 0 saturated carbocycles. The van der Waals surface area contributed by atoms with Crippen molar-refractivity contribution in [1.82, 2.24) is 0 Å². The molecule has 44 heavy (non-hydrogen) atoms. The first-order chi connectivity index (χ1) is 21.6. The fourth-order valence-electron chi connectivity index (χ4n) is 7.59. The molecule has 1 aromatic heterocycles. The second kappa shape index (κ2) is 9.43. The van der Waals surface area contributed by atoms with Crippen LogP contribution >= 0.6 is 0 Å². The zero-order chi connectivity index (χ0) is 29.4. The summed E-state index contributed by atoms with van der Waals surface area (Å²) in [7, 11) is 0. The van der Waals surface area contributed by atoms with Gasteiger partial charge in [-0.3, -0.25) is 0 Å². The van der Waals surface area contributed by atoms with E-state index in [4.69, 9.17) is 4.42 Å². The second-order valence-corrected chi connectivity index (χ2v) is 12.8. The summed E-state index contributed by atoms with van der Waals surface area (Å²) in [5, 5.41) is 9.03. The van der Waals surface area contributed by atoms with E-state index in [0.717, 1.165) is 29.7 Å². The molecule has 0 atom stereocenters. The Hall–Kier alpha value is -5.14. The molecule has 0 saturated heterocycles. The zero-order valence-corrected chi connectivity index (χ0v) is 25.0. The highest BCUT2D eigenvalue weighted by Gasteiger charge is 2.26. The number of allylic oxidation sites excluding steroid dienone is 1. The van der Waals surface area contributed by atoms with E-state index in [9.17, 15) is 0 Å². The largest absolute Gasteiger partial charge is 0.456 e. The van der Waals surface area contributed by atoms with E-state index >= 15 is 0 Å². The van der Waals surface area contributed by atoms with Crippen molar-refractivity contribution < 1.29 is 4.42 Å². The van der Waals surface area contributed by atoms with Crippen LogP contribution in [0.3, 0.4) is 0 Å². The molecule has 0 amide bonds. The highest BCUT2D eigenvalue weighted by molar-refractivity contribution is 6.29. The summed E-state index contributed by atoms with van der Waals surface area (Å²) in [6.45, 7) is 4.67. The van der Waals surface area contributed by atoms with E-state index in [-0.39, 0.29) is 5.41 Å². The Morgan fingerprint density at radius 1 is 0.568 bits per heavy atom. The predicted molar refractivity (Wildman–Crippen MR) is 187 cm³/mol. The van der Waals surface area contributed by atoms with Crippen molar-refractivity contribution in [2.75, 3.05) is 0 Å². The van der Waals surface area contributed by atoms with E-state index in [1.54, 1.807) is 0 Å². The lowest BCUT2D eigenvalue weighted by Crippen LogP contribution is -2.18. The highest BCUT2D eigenvalue weighted by Crippen LogP contribution is 2.47. The molecule has 1 heterocycles. The van der Waals surface area contributed by atoms with Crippen LogP contribution in [0, 0.1) is 0 Å². The minimum atomic E-state index is -0.117. The number of aryl methyl sites for hydroxylation is 1. The molecule has 9 rings (SSSR count). The average molecular weight is 565 g/mol. The minimum absolute atomic E-state index is 0.117. The van der Waals surface area contributed by atoms with Crippen LogP contribution in [0.15, 0.2) is 132 Å². The summed E-state index contributed by atoms with van der Waals surface area (Å²) in [6.07, 6.45) is 6.46. The zero-order valence-electron chi connectivity index (χ0n) is 25.0. The van der Waals surface area contributed by atoms with Crippen molar-refractivity contribution >= 4 is 49.4 Å². The fraction of sp³-hybridized carbons (Fsp3) is 0.116. The molecule has 1 aliphatic rings. The normalized spacial score (nSPS) is 13.4. The molecule has 0 N–H and O–H groups in total. The van der Waals surface area contributed by atoms with Gasteiger partial charge in [0, 0.05) is 21.9 Å². The molecule has 0 bridgehead atoms. The van der Waals surface area contributed by atoms with Crippen molar-refractivity contribution in [3.63, 3.8) is 0 Å². The third kappa shape index (κ3) is 3.66. The average Bonchev–Trinajstić information content (AvgIpc) is 3.46. The first kappa shape index (κ1) is 25.4. The van der Waals surface area contributed by atoms with Crippen LogP contribution in [-0.2, 0) is 11.8 Å². The van der Waals surface area contributed by atoms with E-state index in [1.807, 2.05) is 0 Å². The van der Waals surface area contributed by atoms with Gasteiger partial charge in [0.2, 0.25) is 0 Å². The first-order valence-electron chi connectivity index (χ1n) is 15.7. The van der Waals surface area contributed by atoms with E-state index < -0.39 is 0 Å². The van der Waals surface area contributed by atoms with Gasteiger partial charge < -0.3 is 4.42 Å². The summed E-state index contributed by atoms with van der Waals surface area (Å²) >= 11 is 0. The lowest BCUT2D eigenvalue weighted by Gasteiger charge is -2.27. The number of furan rings is 1. The fourth-order valence-corrected chi connectivity index (χ4v) is 7.59. The Morgan fingerprint density at radius 3 is 2.02 bits per heavy atom. The van der Waals surface area contributed by atoms with Crippen molar-refractivity contribution in [2.24, 2.45) is 0 Å². The number of para-hydroxylation sites is 1. The van der Waals surface area contributed by atoms with Crippen LogP contribution in [0.5, 0.6) is 0 Å². The number of fused-ring (bicyclic) bond motifs is 3. The number of hydrogen-bond donors (Lipinski definition) is 0. The Morgan fingerprint density at radius 2 is 1.27 bits per heavy atom. The molecule has 210 valence electrons. The standard InChI is InChI=1S/C43H32O/c1-43(2,30-14-7-4-8-15-30)31-24-28-20-22-33-37(27-12-5-3-6-13-27)26-38(34-23-21-29(25-31)40(28)41(33)34)36-18-11-17-35-32-16-9-10-19-39(32)44-42(35)36/h3-8,10-15,17-26H,9,16H2,1-2H3. The third-order valence-electron chi connectivity index (χ3n) is 9.99. The van der Waals surface area contributed by atoms with Gasteiger partial charge in [0.25, 0.3) is 0 Å². The quantitative estimate of drug-likeness (QED) is 0.194.